The van der Waals surface area contributed by atoms with Crippen LogP contribution in [0.5, 0.6) is 5.75 Å². The van der Waals surface area contributed by atoms with Crippen molar-refractivity contribution in [2.45, 2.75) is 19.6 Å². The molecule has 0 saturated carbocycles. The van der Waals surface area contributed by atoms with E-state index in [-0.39, 0.29) is 12.4 Å². The van der Waals surface area contributed by atoms with E-state index in [4.69, 9.17) is 16.3 Å². The topological polar surface area (TPSA) is 29.5 Å². The molecular weight excluding hydrogens is 347 g/mol. The van der Waals surface area contributed by atoms with Crippen LogP contribution in [0.1, 0.15) is 24.2 Å². The van der Waals surface area contributed by atoms with E-state index in [1.165, 1.54) is 18.2 Å². The number of aliphatic hydroxyl groups is 1. The highest BCUT2D eigenvalue weighted by Crippen LogP contribution is 2.29. The molecule has 106 valence electrons. The summed E-state index contributed by atoms with van der Waals surface area (Å²) in [7, 11) is 0. The van der Waals surface area contributed by atoms with E-state index in [2.05, 4.69) is 15.9 Å². The van der Waals surface area contributed by atoms with Crippen LogP contribution in [0.15, 0.2) is 40.9 Å². The highest BCUT2D eigenvalue weighted by atomic mass is 79.9. The summed E-state index contributed by atoms with van der Waals surface area (Å²) in [6.07, 6.45) is -0.662. The zero-order chi connectivity index (χ0) is 14.7. The van der Waals surface area contributed by atoms with E-state index in [9.17, 15) is 9.50 Å². The van der Waals surface area contributed by atoms with Gasteiger partial charge in [-0.05, 0) is 43.3 Å². The molecule has 0 saturated heterocycles. The smallest absolute Gasteiger partial charge is 0.125 e. The van der Waals surface area contributed by atoms with Crippen LogP contribution in [0.3, 0.4) is 0 Å². The summed E-state index contributed by atoms with van der Waals surface area (Å²) in [5.41, 5.74) is 1.22. The Morgan fingerprint density at radius 1 is 1.30 bits per heavy atom. The fourth-order valence-corrected chi connectivity index (χ4v) is 2.34. The molecule has 2 aromatic carbocycles. The van der Waals surface area contributed by atoms with E-state index < -0.39 is 6.10 Å². The second-order valence-electron chi connectivity index (χ2n) is 4.38. The molecule has 0 aliphatic rings. The number of aliphatic hydroxyl groups excluding tert-OH is 1. The Morgan fingerprint density at radius 3 is 2.75 bits per heavy atom. The molecular formula is C15H13BrClFO2. The Hall–Kier alpha value is -1.10. The van der Waals surface area contributed by atoms with Crippen LogP contribution in [-0.2, 0) is 6.61 Å². The number of benzene rings is 2. The molecule has 5 heteroatoms. The first-order chi connectivity index (χ1) is 9.47. The van der Waals surface area contributed by atoms with Gasteiger partial charge < -0.3 is 9.84 Å². The van der Waals surface area contributed by atoms with Crippen molar-refractivity contribution in [1.82, 2.24) is 0 Å². The molecule has 2 rings (SSSR count). The van der Waals surface area contributed by atoms with Crippen molar-refractivity contribution in [2.75, 3.05) is 0 Å². The van der Waals surface area contributed by atoms with Gasteiger partial charge in [-0.25, -0.2) is 4.39 Å². The molecule has 0 radical (unpaired) electrons. The van der Waals surface area contributed by atoms with Gasteiger partial charge in [-0.3, -0.25) is 0 Å². The molecule has 1 N–H and O–H groups in total. The molecule has 0 aromatic heterocycles. The predicted molar refractivity (Wildman–Crippen MR) is 80.5 cm³/mol. The molecule has 0 aliphatic carbocycles. The maximum atomic E-state index is 13.2. The summed E-state index contributed by atoms with van der Waals surface area (Å²) in [6, 6.07) is 9.48. The molecule has 0 fully saturated rings. The highest BCUT2D eigenvalue weighted by Gasteiger charge is 2.11. The van der Waals surface area contributed by atoms with Crippen LogP contribution in [0, 0.1) is 5.82 Å². The van der Waals surface area contributed by atoms with Gasteiger partial charge in [0.05, 0.1) is 6.10 Å². The monoisotopic (exact) mass is 358 g/mol. The minimum atomic E-state index is -0.662. The minimum Gasteiger partial charge on any atom is -0.488 e. The van der Waals surface area contributed by atoms with E-state index in [1.807, 2.05) is 6.07 Å². The van der Waals surface area contributed by atoms with Crippen molar-refractivity contribution in [2.24, 2.45) is 0 Å². The highest BCUT2D eigenvalue weighted by molar-refractivity contribution is 9.10. The summed E-state index contributed by atoms with van der Waals surface area (Å²) in [6.45, 7) is 1.79. The third-order valence-corrected chi connectivity index (χ3v) is 3.67. The fourth-order valence-electron chi connectivity index (χ4n) is 1.79. The van der Waals surface area contributed by atoms with E-state index in [0.29, 0.717) is 21.9 Å². The minimum absolute atomic E-state index is 0.137. The lowest BCUT2D eigenvalue weighted by Gasteiger charge is -2.14. The number of rotatable bonds is 4. The Morgan fingerprint density at radius 2 is 2.05 bits per heavy atom. The molecule has 0 bridgehead atoms. The Labute approximate surface area is 130 Å². The number of halogens is 3. The first-order valence-electron chi connectivity index (χ1n) is 6.01. The molecule has 0 amide bonds. The summed E-state index contributed by atoms with van der Waals surface area (Å²) in [5, 5.41) is 10.2. The van der Waals surface area contributed by atoms with Crippen LogP contribution in [0.4, 0.5) is 4.39 Å². The second kappa shape index (κ2) is 6.57. The SMILES string of the molecule is C[C@@H](O)c1cc(Br)ccc1OCc1cc(F)ccc1Cl. The normalized spacial score (nSPS) is 12.2. The van der Waals surface area contributed by atoms with Crippen molar-refractivity contribution >= 4 is 27.5 Å². The predicted octanol–water partition coefficient (Wildman–Crippen LogP) is 4.87. The molecule has 0 unspecified atom stereocenters. The maximum absolute atomic E-state index is 13.2. The zero-order valence-electron chi connectivity index (χ0n) is 10.7. The first-order valence-corrected chi connectivity index (χ1v) is 7.18. The first kappa shape index (κ1) is 15.3. The van der Waals surface area contributed by atoms with E-state index >= 15 is 0 Å². The number of ether oxygens (including phenoxy) is 1. The lowest BCUT2D eigenvalue weighted by atomic mass is 10.1. The van der Waals surface area contributed by atoms with Gasteiger partial charge in [-0.15, -0.1) is 0 Å². The average molecular weight is 360 g/mol. The van der Waals surface area contributed by atoms with Gasteiger partial charge in [-0.2, -0.15) is 0 Å². The lowest BCUT2D eigenvalue weighted by Crippen LogP contribution is -2.02. The molecule has 20 heavy (non-hydrogen) atoms. The van der Waals surface area contributed by atoms with Gasteiger partial charge in [-0.1, -0.05) is 27.5 Å². The van der Waals surface area contributed by atoms with Gasteiger partial charge in [0.15, 0.2) is 0 Å². The molecule has 2 nitrogen and oxygen atoms in total. The van der Waals surface area contributed by atoms with Gasteiger partial charge >= 0.3 is 0 Å². The van der Waals surface area contributed by atoms with Crippen LogP contribution in [0.2, 0.25) is 5.02 Å². The second-order valence-corrected chi connectivity index (χ2v) is 5.71. The van der Waals surface area contributed by atoms with Crippen molar-refractivity contribution < 1.29 is 14.2 Å². The lowest BCUT2D eigenvalue weighted by molar-refractivity contribution is 0.190. The summed E-state index contributed by atoms with van der Waals surface area (Å²) in [5.74, 6) is 0.183. The van der Waals surface area contributed by atoms with Crippen LogP contribution < -0.4 is 4.74 Å². The Kier molecular flexibility index (Phi) is 5.02. The van der Waals surface area contributed by atoms with Gasteiger partial charge in [0.1, 0.15) is 18.2 Å². The Balaban J connectivity index is 2.20. The van der Waals surface area contributed by atoms with E-state index in [0.717, 1.165) is 4.47 Å². The van der Waals surface area contributed by atoms with Gasteiger partial charge in [0.25, 0.3) is 0 Å². The van der Waals surface area contributed by atoms with Crippen molar-refractivity contribution in [3.05, 3.63) is 62.8 Å². The number of hydrogen-bond acceptors (Lipinski definition) is 2. The zero-order valence-corrected chi connectivity index (χ0v) is 13.1. The maximum Gasteiger partial charge on any atom is 0.125 e. The standard InChI is InChI=1S/C15H13BrClFO2/c1-9(19)13-7-11(16)2-5-15(13)20-8-10-6-12(18)3-4-14(10)17/h2-7,9,19H,8H2,1H3/t9-/m1/s1. The van der Waals surface area contributed by atoms with Crippen molar-refractivity contribution in [3.8, 4) is 5.75 Å². The third-order valence-electron chi connectivity index (χ3n) is 2.81. The molecule has 0 spiro atoms. The molecule has 0 aliphatic heterocycles. The van der Waals surface area contributed by atoms with Gasteiger partial charge in [0.2, 0.25) is 0 Å². The van der Waals surface area contributed by atoms with Crippen molar-refractivity contribution in [1.29, 1.82) is 0 Å². The van der Waals surface area contributed by atoms with Crippen LogP contribution in [-0.4, -0.2) is 5.11 Å². The van der Waals surface area contributed by atoms with Gasteiger partial charge in [0, 0.05) is 20.6 Å². The summed E-state index contributed by atoms with van der Waals surface area (Å²) in [4.78, 5) is 0. The van der Waals surface area contributed by atoms with Crippen molar-refractivity contribution in [3.63, 3.8) is 0 Å². The third kappa shape index (κ3) is 3.72. The summed E-state index contributed by atoms with van der Waals surface area (Å²) < 4.78 is 19.7. The largest absolute Gasteiger partial charge is 0.488 e. The fraction of sp³-hybridized carbons (Fsp3) is 0.200. The Bertz CT molecular complexity index is 617. The van der Waals surface area contributed by atoms with E-state index in [1.54, 1.807) is 19.1 Å². The summed E-state index contributed by atoms with van der Waals surface area (Å²) >= 11 is 9.33. The quantitative estimate of drug-likeness (QED) is 0.843. The average Bonchev–Trinajstić information content (AvgIpc) is 2.40. The number of hydrogen-bond donors (Lipinski definition) is 1. The molecule has 0 heterocycles. The van der Waals surface area contributed by atoms with Crippen LogP contribution >= 0.6 is 27.5 Å². The molecule has 2 aromatic rings. The van der Waals surface area contributed by atoms with Crippen LogP contribution in [0.25, 0.3) is 0 Å². The molecule has 1 atom stereocenters.